The molecule has 238 valence electrons. The van der Waals surface area contributed by atoms with E-state index in [0.29, 0.717) is 45.7 Å². The third-order valence-corrected chi connectivity index (χ3v) is 7.95. The van der Waals surface area contributed by atoms with Gasteiger partial charge in [-0.2, -0.15) is 0 Å². The predicted octanol–water partition coefficient (Wildman–Crippen LogP) is 4.54. The van der Waals surface area contributed by atoms with Crippen molar-refractivity contribution < 1.29 is 43.1 Å². The van der Waals surface area contributed by atoms with Gasteiger partial charge in [-0.1, -0.05) is 19.1 Å². The predicted molar refractivity (Wildman–Crippen MR) is 167 cm³/mol. The van der Waals surface area contributed by atoms with Gasteiger partial charge >= 0.3 is 5.63 Å². The fourth-order valence-electron chi connectivity index (χ4n) is 5.65. The lowest BCUT2D eigenvalue weighted by molar-refractivity contribution is -0.306. The molecule has 11 nitrogen and oxygen atoms in total. The van der Waals surface area contributed by atoms with E-state index < -0.39 is 41.7 Å². The molecule has 1 amide bonds. The first-order chi connectivity index (χ1) is 21.5. The lowest BCUT2D eigenvalue weighted by Gasteiger charge is -2.46. The first-order valence-corrected chi connectivity index (χ1v) is 14.5. The van der Waals surface area contributed by atoms with Gasteiger partial charge in [-0.05, 0) is 74.4 Å². The van der Waals surface area contributed by atoms with Gasteiger partial charge in [0.15, 0.2) is 0 Å². The van der Waals surface area contributed by atoms with E-state index in [9.17, 15) is 19.8 Å². The van der Waals surface area contributed by atoms with E-state index in [0.717, 1.165) is 5.56 Å². The smallest absolute Gasteiger partial charge is 0.360 e. The Morgan fingerprint density at radius 2 is 1.71 bits per heavy atom. The number of amides is 1. The highest BCUT2D eigenvalue weighted by molar-refractivity contribution is 6.05. The van der Waals surface area contributed by atoms with Crippen LogP contribution in [0.15, 0.2) is 69.9 Å². The molecule has 1 aliphatic rings. The second-order valence-electron chi connectivity index (χ2n) is 11.2. The average molecular weight is 620 g/mol. The van der Waals surface area contributed by atoms with Gasteiger partial charge in [0.25, 0.3) is 5.91 Å². The Hall–Kier alpha value is -4.42. The Balaban J connectivity index is 1.42. The van der Waals surface area contributed by atoms with Crippen LogP contribution in [0.2, 0.25) is 0 Å². The van der Waals surface area contributed by atoms with Crippen LogP contribution in [0.3, 0.4) is 0 Å². The number of carbonyl (C=O) groups excluding carboxylic acids is 1. The third kappa shape index (κ3) is 6.25. The molecule has 3 N–H and O–H groups in total. The Bertz CT molecular complexity index is 1760. The number of carbonyl (C=O) groups is 1. The highest BCUT2D eigenvalue weighted by Gasteiger charge is 2.50. The molecule has 0 aliphatic carbocycles. The molecule has 11 heteroatoms. The average Bonchev–Trinajstić information content (AvgIpc) is 3.03. The number of benzene rings is 3. The molecular formula is C34H37NO10. The van der Waals surface area contributed by atoms with Crippen molar-refractivity contribution in [3.63, 3.8) is 0 Å². The van der Waals surface area contributed by atoms with Crippen LogP contribution < -0.4 is 25.2 Å². The minimum absolute atomic E-state index is 0.0384. The Morgan fingerprint density at radius 3 is 2.40 bits per heavy atom. The molecule has 4 atom stereocenters. The monoisotopic (exact) mass is 619 g/mol. The molecule has 0 saturated carbocycles. The summed E-state index contributed by atoms with van der Waals surface area (Å²) in [6, 6.07) is 17.2. The summed E-state index contributed by atoms with van der Waals surface area (Å²) < 4.78 is 33.9. The van der Waals surface area contributed by atoms with Crippen LogP contribution in [0.25, 0.3) is 22.1 Å². The van der Waals surface area contributed by atoms with Crippen LogP contribution in [0, 0.1) is 0 Å². The number of nitrogens with one attached hydrogen (secondary N) is 1. The summed E-state index contributed by atoms with van der Waals surface area (Å²) in [5.41, 5.74) is 0.841. The second kappa shape index (κ2) is 12.9. The van der Waals surface area contributed by atoms with Gasteiger partial charge in [0.1, 0.15) is 46.8 Å². The van der Waals surface area contributed by atoms with E-state index in [2.05, 4.69) is 5.32 Å². The molecule has 1 saturated heterocycles. The van der Waals surface area contributed by atoms with E-state index in [-0.39, 0.29) is 11.3 Å². The molecule has 3 aromatic carbocycles. The van der Waals surface area contributed by atoms with Crippen LogP contribution in [-0.4, -0.2) is 67.7 Å². The second-order valence-corrected chi connectivity index (χ2v) is 11.2. The number of aryl methyl sites for hydroxylation is 1. The molecule has 0 bridgehead atoms. The van der Waals surface area contributed by atoms with E-state index in [4.69, 9.17) is 28.1 Å². The summed E-state index contributed by atoms with van der Waals surface area (Å²) in [5.74, 6) is 1.03. The van der Waals surface area contributed by atoms with Crippen molar-refractivity contribution in [2.45, 2.75) is 57.4 Å². The zero-order valence-corrected chi connectivity index (χ0v) is 26.0. The number of fused-ring (bicyclic) bond motifs is 1. The van der Waals surface area contributed by atoms with Crippen molar-refractivity contribution in [3.8, 4) is 28.4 Å². The van der Waals surface area contributed by atoms with Crippen LogP contribution in [0.1, 0.15) is 36.7 Å². The minimum Gasteiger partial charge on any atom is -0.497 e. The molecule has 2 heterocycles. The van der Waals surface area contributed by atoms with Gasteiger partial charge in [0.05, 0.1) is 19.8 Å². The molecule has 1 aromatic heterocycles. The highest BCUT2D eigenvalue weighted by atomic mass is 16.7. The number of methoxy groups -OCH3 is 3. The maximum Gasteiger partial charge on any atom is 0.360 e. The lowest BCUT2D eigenvalue weighted by Crippen LogP contribution is -2.63. The van der Waals surface area contributed by atoms with Crippen molar-refractivity contribution in [2.75, 3.05) is 26.6 Å². The standard InChI is InChI=1S/C34H37NO10/c1-7-22-26(43-33-28(37)27(36)30(42-6)34(2,3)45-33)14-11-19-17-24(32(39)44-29(19)22)35-31(38)20-12-13-25(41-5)23(16-20)18-9-8-10-21(15-18)40-4/h8-17,27-28,30,33,36-37H,7H2,1-6H3,(H,35,38)/t27-,28?,30-,33-/m1/s1. The fourth-order valence-corrected chi connectivity index (χ4v) is 5.65. The minimum atomic E-state index is -1.39. The maximum atomic E-state index is 13.3. The molecule has 4 aromatic rings. The van der Waals surface area contributed by atoms with Gasteiger partial charge in [-0.25, -0.2) is 4.79 Å². The molecule has 1 unspecified atom stereocenters. The highest BCUT2D eigenvalue weighted by Crippen LogP contribution is 2.36. The molecular weight excluding hydrogens is 582 g/mol. The molecule has 1 aliphatic heterocycles. The van der Waals surface area contributed by atoms with Gasteiger partial charge in [-0.15, -0.1) is 0 Å². The van der Waals surface area contributed by atoms with Gasteiger partial charge < -0.3 is 43.6 Å². The third-order valence-electron chi connectivity index (χ3n) is 7.95. The van der Waals surface area contributed by atoms with Gasteiger partial charge in [0.2, 0.25) is 6.29 Å². The Morgan fingerprint density at radius 1 is 0.956 bits per heavy atom. The van der Waals surface area contributed by atoms with E-state index in [1.165, 1.54) is 13.2 Å². The summed E-state index contributed by atoms with van der Waals surface area (Å²) in [7, 11) is 4.55. The SMILES string of the molecule is CCc1c(O[C@@H]2OC(C)(C)[C@H](OC)[C@H](O)C2O)ccc2cc(NC(=O)c3ccc(OC)c(-c4cccc(OC)c4)c3)c(=O)oc12. The molecule has 0 radical (unpaired) electrons. The Labute approximate surface area is 260 Å². The van der Waals surface area contributed by atoms with Gasteiger partial charge in [0, 0.05) is 29.2 Å². The zero-order chi connectivity index (χ0) is 32.5. The van der Waals surface area contributed by atoms with Crippen LogP contribution in [0.4, 0.5) is 5.69 Å². The number of hydrogen-bond donors (Lipinski definition) is 3. The number of aliphatic hydroxyl groups is 2. The van der Waals surface area contributed by atoms with Crippen molar-refractivity contribution in [3.05, 3.63) is 82.2 Å². The normalized spacial score (nSPS) is 20.9. The number of rotatable bonds is 9. The van der Waals surface area contributed by atoms with Crippen molar-refractivity contribution in [1.82, 2.24) is 0 Å². The van der Waals surface area contributed by atoms with E-state index in [1.807, 2.05) is 31.2 Å². The topological polar surface area (TPSA) is 146 Å². The van der Waals surface area contributed by atoms with Gasteiger partial charge in [-0.3, -0.25) is 4.79 Å². The number of hydrogen-bond acceptors (Lipinski definition) is 10. The van der Waals surface area contributed by atoms with Crippen molar-refractivity contribution in [2.24, 2.45) is 0 Å². The summed E-state index contributed by atoms with van der Waals surface area (Å²) in [6.07, 6.45) is -4.21. The quantitative estimate of drug-likeness (QED) is 0.228. The summed E-state index contributed by atoms with van der Waals surface area (Å²) in [6.45, 7) is 5.32. The number of aliphatic hydroxyl groups excluding tert-OH is 2. The summed E-state index contributed by atoms with van der Waals surface area (Å²) >= 11 is 0. The maximum absolute atomic E-state index is 13.3. The first-order valence-electron chi connectivity index (χ1n) is 14.5. The lowest BCUT2D eigenvalue weighted by atomic mass is 9.89. The van der Waals surface area contributed by atoms with E-state index in [1.54, 1.807) is 58.4 Å². The van der Waals surface area contributed by atoms with E-state index >= 15 is 0 Å². The first kappa shape index (κ1) is 32.0. The van der Waals surface area contributed by atoms with Crippen LogP contribution in [-0.2, 0) is 15.9 Å². The largest absolute Gasteiger partial charge is 0.497 e. The van der Waals surface area contributed by atoms with Crippen molar-refractivity contribution >= 4 is 22.6 Å². The van der Waals surface area contributed by atoms with Crippen LogP contribution >= 0.6 is 0 Å². The van der Waals surface area contributed by atoms with Crippen LogP contribution in [0.5, 0.6) is 17.2 Å². The van der Waals surface area contributed by atoms with Crippen molar-refractivity contribution in [1.29, 1.82) is 0 Å². The summed E-state index contributed by atoms with van der Waals surface area (Å²) in [5, 5.41) is 24.5. The summed E-state index contributed by atoms with van der Waals surface area (Å²) in [4.78, 5) is 26.4. The number of ether oxygens (including phenoxy) is 5. The number of anilines is 1. The Kier molecular flexibility index (Phi) is 9.17. The molecule has 1 fully saturated rings. The molecule has 0 spiro atoms. The molecule has 45 heavy (non-hydrogen) atoms. The fraction of sp³-hybridized carbons (Fsp3) is 0.353. The zero-order valence-electron chi connectivity index (χ0n) is 26.0. The molecule has 5 rings (SSSR count).